The third kappa shape index (κ3) is 3.47. The fraction of sp³-hybridized carbons (Fsp3) is 0.182. The fourth-order valence-corrected chi connectivity index (χ4v) is 2.02. The van der Waals surface area contributed by atoms with Crippen molar-refractivity contribution in [2.24, 2.45) is 0 Å². The second kappa shape index (κ2) is 6.07. The Labute approximate surface area is 115 Å². The van der Waals surface area contributed by atoms with Gasteiger partial charge in [-0.3, -0.25) is 0 Å². The molecule has 6 heteroatoms. The van der Waals surface area contributed by atoms with Crippen LogP contribution in [0.25, 0.3) is 6.08 Å². The van der Waals surface area contributed by atoms with Crippen LogP contribution in [0.3, 0.4) is 0 Å². The molecule has 0 aliphatic rings. The number of ether oxygens (including phenoxy) is 1. The summed E-state index contributed by atoms with van der Waals surface area (Å²) in [5, 5.41) is 18.3. The summed E-state index contributed by atoms with van der Waals surface area (Å²) in [7, 11) is 0. The number of halogens is 2. The van der Waals surface area contributed by atoms with Crippen LogP contribution < -0.4 is 4.74 Å². The van der Waals surface area contributed by atoms with Crippen molar-refractivity contribution >= 4 is 43.9 Å². The van der Waals surface area contributed by atoms with Gasteiger partial charge in [-0.15, -0.1) is 0 Å². The first-order valence-electron chi connectivity index (χ1n) is 4.72. The number of benzene rings is 1. The highest BCUT2D eigenvalue weighted by atomic mass is 79.9. The lowest BCUT2D eigenvalue weighted by Gasteiger charge is -2.11. The number of hydrogen-bond acceptors (Lipinski definition) is 3. The minimum absolute atomic E-state index is 0.0220. The average Bonchev–Trinajstić information content (AvgIpc) is 2.28. The van der Waals surface area contributed by atoms with Crippen LogP contribution in [-0.2, 0) is 4.79 Å². The van der Waals surface area contributed by atoms with Crippen LogP contribution in [0, 0.1) is 0 Å². The van der Waals surface area contributed by atoms with Crippen molar-refractivity contribution < 1.29 is 19.7 Å². The van der Waals surface area contributed by atoms with Crippen LogP contribution in [0.15, 0.2) is 21.1 Å². The van der Waals surface area contributed by atoms with Crippen LogP contribution in [0.4, 0.5) is 0 Å². The number of carboxylic acid groups (broad SMARTS) is 1. The van der Waals surface area contributed by atoms with Crippen LogP contribution in [0.5, 0.6) is 11.5 Å². The molecule has 0 saturated carbocycles. The second-order valence-electron chi connectivity index (χ2n) is 3.05. The van der Waals surface area contributed by atoms with Gasteiger partial charge in [-0.1, -0.05) is 0 Å². The number of hydrogen-bond donors (Lipinski definition) is 2. The van der Waals surface area contributed by atoms with E-state index in [0.717, 1.165) is 6.08 Å². The number of aromatic hydroxyl groups is 1. The molecule has 0 saturated heterocycles. The molecule has 2 N–H and O–H groups in total. The maximum absolute atomic E-state index is 10.5. The van der Waals surface area contributed by atoms with Gasteiger partial charge in [-0.05, 0) is 56.5 Å². The molecule has 0 fully saturated rings. The van der Waals surface area contributed by atoms with E-state index < -0.39 is 5.97 Å². The van der Waals surface area contributed by atoms with Gasteiger partial charge in [-0.2, -0.15) is 0 Å². The number of aliphatic carboxylic acids is 1. The van der Waals surface area contributed by atoms with Crippen LogP contribution in [0.2, 0.25) is 0 Å². The van der Waals surface area contributed by atoms with Gasteiger partial charge >= 0.3 is 5.97 Å². The molecule has 4 nitrogen and oxygen atoms in total. The van der Waals surface area contributed by atoms with E-state index >= 15 is 0 Å². The largest absolute Gasteiger partial charge is 0.503 e. The fourth-order valence-electron chi connectivity index (χ4n) is 1.16. The molecule has 0 aliphatic carbocycles. The Morgan fingerprint density at radius 2 is 2.12 bits per heavy atom. The first-order chi connectivity index (χ1) is 7.97. The predicted molar refractivity (Wildman–Crippen MR) is 71.3 cm³/mol. The van der Waals surface area contributed by atoms with E-state index in [-0.39, 0.29) is 5.75 Å². The van der Waals surface area contributed by atoms with Gasteiger partial charge in [0.1, 0.15) is 0 Å². The molecule has 0 bridgehead atoms. The highest BCUT2D eigenvalue weighted by molar-refractivity contribution is 9.13. The predicted octanol–water partition coefficient (Wildman–Crippen LogP) is 3.41. The zero-order chi connectivity index (χ0) is 13.0. The van der Waals surface area contributed by atoms with Crippen molar-refractivity contribution in [1.82, 2.24) is 0 Å². The Balaban J connectivity index is 3.26. The van der Waals surface area contributed by atoms with Crippen LogP contribution in [0.1, 0.15) is 12.5 Å². The van der Waals surface area contributed by atoms with Crippen molar-refractivity contribution in [2.75, 3.05) is 6.61 Å². The normalized spacial score (nSPS) is 10.8. The summed E-state index contributed by atoms with van der Waals surface area (Å²) in [5.41, 5.74) is 0.598. The van der Waals surface area contributed by atoms with E-state index in [9.17, 15) is 9.90 Å². The molecular weight excluding hydrogens is 356 g/mol. The van der Waals surface area contributed by atoms with Crippen molar-refractivity contribution in [1.29, 1.82) is 0 Å². The number of rotatable bonds is 4. The Morgan fingerprint density at radius 1 is 1.47 bits per heavy atom. The molecule has 1 aromatic rings. The summed E-state index contributed by atoms with van der Waals surface area (Å²) in [6, 6.07) is 1.56. The number of phenols is 1. The molecule has 0 spiro atoms. The summed E-state index contributed by atoms with van der Waals surface area (Å²) in [6.45, 7) is 2.20. The van der Waals surface area contributed by atoms with Crippen LogP contribution in [-0.4, -0.2) is 22.8 Å². The highest BCUT2D eigenvalue weighted by Crippen LogP contribution is 2.42. The Hall–Kier alpha value is -1.01. The van der Waals surface area contributed by atoms with Gasteiger partial charge in [0.25, 0.3) is 0 Å². The SMILES string of the molecule is CCOc1cc(/C=C/C(=O)O)c(Br)c(Br)c1O. The molecule has 1 rings (SSSR count). The zero-order valence-corrected chi connectivity index (χ0v) is 12.1. The van der Waals surface area contributed by atoms with Crippen molar-refractivity contribution in [3.05, 3.63) is 26.7 Å². The smallest absolute Gasteiger partial charge is 0.328 e. The lowest BCUT2D eigenvalue weighted by Crippen LogP contribution is -1.94. The van der Waals surface area contributed by atoms with E-state index in [1.54, 1.807) is 13.0 Å². The summed E-state index contributed by atoms with van der Waals surface area (Å²) in [5.74, 6) is -0.766. The maximum Gasteiger partial charge on any atom is 0.328 e. The van der Waals surface area contributed by atoms with Gasteiger partial charge in [0.05, 0.1) is 11.1 Å². The Bertz CT molecular complexity index is 469. The quantitative estimate of drug-likeness (QED) is 0.802. The third-order valence-corrected chi connectivity index (χ3v) is 4.04. The first kappa shape index (κ1) is 14.1. The topological polar surface area (TPSA) is 66.8 Å². The van der Waals surface area contributed by atoms with E-state index in [1.807, 2.05) is 0 Å². The molecule has 0 heterocycles. The maximum atomic E-state index is 10.5. The molecular formula is C11H10Br2O4. The molecule has 0 unspecified atom stereocenters. The first-order valence-corrected chi connectivity index (χ1v) is 6.30. The second-order valence-corrected chi connectivity index (χ2v) is 4.63. The lowest BCUT2D eigenvalue weighted by molar-refractivity contribution is -0.131. The van der Waals surface area contributed by atoms with Crippen molar-refractivity contribution in [3.63, 3.8) is 0 Å². The lowest BCUT2D eigenvalue weighted by atomic mass is 10.2. The Kier molecular flexibility index (Phi) is 5.02. The summed E-state index contributed by atoms with van der Waals surface area (Å²) in [4.78, 5) is 10.5. The number of phenolic OH excluding ortho intramolecular Hbond substituents is 1. The summed E-state index contributed by atoms with van der Waals surface area (Å²) < 4.78 is 6.23. The molecule has 0 atom stereocenters. The van der Waals surface area contributed by atoms with Crippen molar-refractivity contribution in [3.8, 4) is 11.5 Å². The minimum atomic E-state index is -1.04. The third-order valence-electron chi connectivity index (χ3n) is 1.88. The Morgan fingerprint density at radius 3 is 2.65 bits per heavy atom. The molecule has 17 heavy (non-hydrogen) atoms. The van der Waals surface area contributed by atoms with E-state index in [2.05, 4.69) is 31.9 Å². The standard InChI is InChI=1S/C11H10Br2O4/c1-2-17-7-5-6(3-4-8(14)15)9(12)10(13)11(7)16/h3-5,16H,2H2,1H3,(H,14,15)/b4-3+. The molecule has 0 aromatic heterocycles. The van der Waals surface area contributed by atoms with Gasteiger partial charge in [0.15, 0.2) is 11.5 Å². The minimum Gasteiger partial charge on any atom is -0.503 e. The van der Waals surface area contributed by atoms with E-state index in [1.165, 1.54) is 6.08 Å². The molecule has 0 aliphatic heterocycles. The molecule has 1 aromatic carbocycles. The zero-order valence-electron chi connectivity index (χ0n) is 8.91. The number of carboxylic acids is 1. The van der Waals surface area contributed by atoms with E-state index in [0.29, 0.717) is 26.9 Å². The van der Waals surface area contributed by atoms with Gasteiger partial charge in [-0.25, -0.2) is 4.79 Å². The summed E-state index contributed by atoms with van der Waals surface area (Å²) in [6.07, 6.45) is 2.43. The van der Waals surface area contributed by atoms with Gasteiger partial charge in [0.2, 0.25) is 0 Å². The molecule has 92 valence electrons. The van der Waals surface area contributed by atoms with Crippen LogP contribution >= 0.6 is 31.9 Å². The monoisotopic (exact) mass is 364 g/mol. The average molecular weight is 366 g/mol. The van der Waals surface area contributed by atoms with Gasteiger partial charge in [0, 0.05) is 10.5 Å². The van der Waals surface area contributed by atoms with Gasteiger partial charge < -0.3 is 14.9 Å². The van der Waals surface area contributed by atoms with E-state index in [4.69, 9.17) is 9.84 Å². The molecule has 0 amide bonds. The number of carbonyl (C=O) groups is 1. The highest BCUT2D eigenvalue weighted by Gasteiger charge is 2.13. The molecule has 0 radical (unpaired) electrons. The summed E-state index contributed by atoms with van der Waals surface area (Å²) >= 11 is 6.46. The van der Waals surface area contributed by atoms with Crippen molar-refractivity contribution in [2.45, 2.75) is 6.92 Å².